The van der Waals surface area contributed by atoms with Crippen molar-refractivity contribution in [2.24, 2.45) is 5.73 Å². The summed E-state index contributed by atoms with van der Waals surface area (Å²) >= 11 is 0. The summed E-state index contributed by atoms with van der Waals surface area (Å²) in [6.07, 6.45) is 0. The Morgan fingerprint density at radius 3 is 2.24 bits per heavy atom. The molecular weight excluding hydrogens is 368 g/mol. The normalized spacial score (nSPS) is 12.5. The van der Waals surface area contributed by atoms with E-state index in [-0.39, 0.29) is 33.8 Å². The van der Waals surface area contributed by atoms with Crippen LogP contribution in [0, 0.1) is 0 Å². The molecule has 0 bridgehead atoms. The number of benzene rings is 3. The summed E-state index contributed by atoms with van der Waals surface area (Å²) in [5.74, 6) is -1.55. The van der Waals surface area contributed by atoms with Gasteiger partial charge in [0.2, 0.25) is 5.78 Å². The predicted octanol–water partition coefficient (Wildman–Crippen LogP) is 3.06. The van der Waals surface area contributed by atoms with Gasteiger partial charge in [0, 0.05) is 37.5 Å². The van der Waals surface area contributed by atoms with Gasteiger partial charge in [0.15, 0.2) is 5.78 Å². The van der Waals surface area contributed by atoms with Crippen LogP contribution < -0.4 is 10.6 Å². The number of phenolic OH excluding ortho intramolecular Hbond substituents is 2. The first-order valence-corrected chi connectivity index (χ1v) is 9.12. The van der Waals surface area contributed by atoms with Gasteiger partial charge in [-0.25, -0.2) is 0 Å². The Kier molecular flexibility index (Phi) is 4.36. The van der Waals surface area contributed by atoms with Crippen LogP contribution in [0.1, 0.15) is 37.4 Å². The van der Waals surface area contributed by atoms with E-state index < -0.39 is 11.6 Å². The van der Waals surface area contributed by atoms with Crippen molar-refractivity contribution in [3.05, 3.63) is 76.3 Å². The lowest BCUT2D eigenvalue weighted by Crippen LogP contribution is -2.21. The number of rotatable bonds is 3. The van der Waals surface area contributed by atoms with Crippen LogP contribution in [0.3, 0.4) is 0 Å². The lowest BCUT2D eigenvalue weighted by atomic mass is 9.81. The van der Waals surface area contributed by atoms with Gasteiger partial charge in [-0.1, -0.05) is 18.2 Å². The van der Waals surface area contributed by atoms with Crippen LogP contribution in [0.2, 0.25) is 0 Å². The van der Waals surface area contributed by atoms with Gasteiger partial charge in [-0.2, -0.15) is 0 Å². The van der Waals surface area contributed by atoms with E-state index in [1.54, 1.807) is 6.07 Å². The van der Waals surface area contributed by atoms with Crippen LogP contribution >= 0.6 is 0 Å². The molecule has 6 nitrogen and oxygen atoms in total. The van der Waals surface area contributed by atoms with Gasteiger partial charge < -0.3 is 20.8 Å². The monoisotopic (exact) mass is 388 g/mol. The number of hydrogen-bond acceptors (Lipinski definition) is 6. The molecule has 0 heterocycles. The maximum absolute atomic E-state index is 13.0. The fourth-order valence-corrected chi connectivity index (χ4v) is 3.81. The zero-order valence-corrected chi connectivity index (χ0v) is 16.1. The summed E-state index contributed by atoms with van der Waals surface area (Å²) in [6.45, 7) is 0.336. The molecule has 1 aliphatic carbocycles. The number of nitrogens with zero attached hydrogens (tertiary/aromatic N) is 1. The average molecular weight is 388 g/mol. The lowest BCUT2D eigenvalue weighted by Gasteiger charge is -2.21. The first-order chi connectivity index (χ1) is 13.8. The number of carbonyl (C=O) groups is 2. The van der Waals surface area contributed by atoms with Gasteiger partial charge >= 0.3 is 0 Å². The molecule has 0 saturated carbocycles. The molecule has 29 heavy (non-hydrogen) atoms. The van der Waals surface area contributed by atoms with Gasteiger partial charge in [-0.05, 0) is 47.0 Å². The molecule has 4 rings (SSSR count). The van der Waals surface area contributed by atoms with Crippen molar-refractivity contribution >= 4 is 17.3 Å². The molecule has 6 heteroatoms. The molecule has 4 N–H and O–H groups in total. The number of fused-ring (bicyclic) bond motifs is 2. The van der Waals surface area contributed by atoms with E-state index in [1.165, 1.54) is 24.3 Å². The molecule has 0 radical (unpaired) electrons. The largest absolute Gasteiger partial charge is 0.507 e. The fraction of sp³-hybridized carbons (Fsp3) is 0.130. The molecule has 0 amide bonds. The van der Waals surface area contributed by atoms with Crippen LogP contribution in [0.25, 0.3) is 11.1 Å². The van der Waals surface area contributed by atoms with Crippen LogP contribution in [-0.2, 0) is 6.54 Å². The van der Waals surface area contributed by atoms with Crippen LogP contribution in [0.5, 0.6) is 11.5 Å². The summed E-state index contributed by atoms with van der Waals surface area (Å²) < 4.78 is 0. The molecule has 0 aromatic heterocycles. The molecule has 1 aliphatic rings. The number of ketones is 2. The predicted molar refractivity (Wildman–Crippen MR) is 111 cm³/mol. The minimum Gasteiger partial charge on any atom is -0.507 e. The van der Waals surface area contributed by atoms with Crippen LogP contribution in [0.15, 0.2) is 48.5 Å². The summed E-state index contributed by atoms with van der Waals surface area (Å²) in [6, 6.07) is 13.1. The highest BCUT2D eigenvalue weighted by molar-refractivity contribution is 6.30. The SMILES string of the molecule is CN(C)c1ccc(-c2cc(O)c3c(c2)C(=O)c2cccc(O)c2C3=O)cc1CN. The topological polar surface area (TPSA) is 104 Å². The van der Waals surface area contributed by atoms with Crippen molar-refractivity contribution in [1.82, 2.24) is 0 Å². The van der Waals surface area contributed by atoms with Crippen molar-refractivity contribution < 1.29 is 19.8 Å². The van der Waals surface area contributed by atoms with Crippen molar-refractivity contribution in [2.45, 2.75) is 6.54 Å². The second-order valence-corrected chi connectivity index (χ2v) is 7.22. The molecule has 3 aromatic rings. The minimum absolute atomic E-state index is 0.0752. The van der Waals surface area contributed by atoms with Crippen LogP contribution in [0.4, 0.5) is 5.69 Å². The summed E-state index contributed by atoms with van der Waals surface area (Å²) in [4.78, 5) is 27.8. The standard InChI is InChI=1S/C23H20N2O4/c1-25(2)17-7-6-12(8-14(17)11-24)13-9-16-21(19(27)10-13)23(29)20-15(22(16)28)4-3-5-18(20)26/h3-10,26-27H,11,24H2,1-2H3. The Balaban J connectivity index is 1.89. The number of carbonyl (C=O) groups excluding carboxylic acids is 2. The average Bonchev–Trinajstić information content (AvgIpc) is 2.70. The lowest BCUT2D eigenvalue weighted by molar-refractivity contribution is 0.0974. The van der Waals surface area contributed by atoms with E-state index in [4.69, 9.17) is 5.73 Å². The van der Waals surface area contributed by atoms with E-state index in [0.717, 1.165) is 16.8 Å². The van der Waals surface area contributed by atoms with E-state index in [9.17, 15) is 19.8 Å². The van der Waals surface area contributed by atoms with Crippen molar-refractivity contribution in [1.29, 1.82) is 0 Å². The fourth-order valence-electron chi connectivity index (χ4n) is 3.81. The molecule has 0 saturated heterocycles. The van der Waals surface area contributed by atoms with E-state index in [2.05, 4.69) is 0 Å². The van der Waals surface area contributed by atoms with Crippen molar-refractivity contribution in [3.8, 4) is 22.6 Å². The second-order valence-electron chi connectivity index (χ2n) is 7.22. The summed E-state index contributed by atoms with van der Waals surface area (Å²) in [5, 5.41) is 20.6. The first kappa shape index (κ1) is 18.7. The van der Waals surface area contributed by atoms with Crippen molar-refractivity contribution in [3.63, 3.8) is 0 Å². The first-order valence-electron chi connectivity index (χ1n) is 9.12. The second kappa shape index (κ2) is 6.76. The summed E-state index contributed by atoms with van der Waals surface area (Å²) in [5.41, 5.74) is 9.25. The van der Waals surface area contributed by atoms with Crippen LogP contribution in [-0.4, -0.2) is 35.9 Å². The molecule has 0 spiro atoms. The maximum Gasteiger partial charge on any atom is 0.201 e. The van der Waals surface area contributed by atoms with E-state index in [1.807, 2.05) is 37.2 Å². The number of hydrogen-bond donors (Lipinski definition) is 3. The molecule has 0 atom stereocenters. The molecule has 0 aliphatic heterocycles. The molecule has 146 valence electrons. The number of aromatic hydroxyl groups is 2. The highest BCUT2D eigenvalue weighted by atomic mass is 16.3. The van der Waals surface area contributed by atoms with E-state index >= 15 is 0 Å². The molecular formula is C23H20N2O4. The number of phenols is 2. The third kappa shape index (κ3) is 2.85. The van der Waals surface area contributed by atoms with Gasteiger partial charge in [-0.3, -0.25) is 9.59 Å². The summed E-state index contributed by atoms with van der Waals surface area (Å²) in [7, 11) is 3.85. The third-order valence-electron chi connectivity index (χ3n) is 5.22. The zero-order chi connectivity index (χ0) is 20.9. The van der Waals surface area contributed by atoms with Gasteiger partial charge in [-0.15, -0.1) is 0 Å². The molecule has 3 aromatic carbocycles. The highest BCUT2D eigenvalue weighted by Crippen LogP contribution is 2.39. The zero-order valence-electron chi connectivity index (χ0n) is 16.1. The smallest absolute Gasteiger partial charge is 0.201 e. The van der Waals surface area contributed by atoms with Crippen molar-refractivity contribution in [2.75, 3.05) is 19.0 Å². The maximum atomic E-state index is 13.0. The van der Waals surface area contributed by atoms with Gasteiger partial charge in [0.25, 0.3) is 0 Å². The third-order valence-corrected chi connectivity index (χ3v) is 5.22. The highest BCUT2D eigenvalue weighted by Gasteiger charge is 2.34. The Morgan fingerprint density at radius 2 is 1.55 bits per heavy atom. The quantitative estimate of drug-likeness (QED) is 0.498. The Bertz CT molecular complexity index is 1180. The molecule has 0 unspecified atom stereocenters. The number of nitrogens with two attached hydrogens (primary N) is 1. The molecule has 0 fully saturated rings. The Labute approximate surface area is 167 Å². The van der Waals surface area contributed by atoms with E-state index in [0.29, 0.717) is 12.1 Å². The van der Waals surface area contributed by atoms with Gasteiger partial charge in [0.1, 0.15) is 11.5 Å². The Morgan fingerprint density at radius 1 is 0.828 bits per heavy atom. The Hall–Kier alpha value is -3.64. The number of anilines is 1. The minimum atomic E-state index is -0.567. The van der Waals surface area contributed by atoms with Gasteiger partial charge in [0.05, 0.1) is 11.1 Å².